The number of unbranched alkanes of at least 4 members (excludes halogenated alkanes) is 12. The van der Waals surface area contributed by atoms with E-state index in [4.69, 9.17) is 5.73 Å². The van der Waals surface area contributed by atoms with Gasteiger partial charge in [0.2, 0.25) is 0 Å². The van der Waals surface area contributed by atoms with E-state index in [0.717, 1.165) is 36.6 Å². The van der Waals surface area contributed by atoms with Crippen molar-refractivity contribution in [3.8, 4) is 22.3 Å². The number of anilines is 5. The van der Waals surface area contributed by atoms with Crippen LogP contribution >= 0.6 is 31.9 Å². The molecule has 0 amide bonds. The van der Waals surface area contributed by atoms with E-state index in [9.17, 15) is 0 Å². The van der Waals surface area contributed by atoms with Gasteiger partial charge in [0.1, 0.15) is 0 Å². The lowest BCUT2D eigenvalue weighted by Gasteiger charge is -2.36. The normalized spacial score (nSPS) is 12.3. The number of hydrogen-bond donors (Lipinski definition) is 4. The molecule has 0 saturated heterocycles. The molecule has 91 heavy (non-hydrogen) atoms. The van der Waals surface area contributed by atoms with Gasteiger partial charge in [-0.25, -0.2) is 0 Å². The van der Waals surface area contributed by atoms with E-state index in [0.29, 0.717) is 0 Å². The molecule has 0 unspecified atom stereocenters. The zero-order valence-corrected chi connectivity index (χ0v) is 60.4. The third-order valence-corrected chi connectivity index (χ3v) is 17.6. The Labute approximate surface area is 572 Å². The SMILES string of the molecule is BrCBr.C.CCCCCCC1(CCCCCC)c2ccccc2-c2ccc(N(CN(C)CN(C)CN(C)CN(c3ccccc3)c3ccccc3)c3ccccc3)cc21.CCCCCCC1(CCCCCC)c2ccccc2-c2ccc(N)cc21.CN.CN.CN. The number of fused-ring (bicyclic) bond motifs is 6. The van der Waals surface area contributed by atoms with Gasteiger partial charge in [0, 0.05) is 39.3 Å². The Balaban J connectivity index is 0.000000501. The lowest BCUT2D eigenvalue weighted by molar-refractivity contribution is 0.121. The van der Waals surface area contributed by atoms with Crippen molar-refractivity contribution in [2.24, 2.45) is 17.2 Å². The summed E-state index contributed by atoms with van der Waals surface area (Å²) in [4.78, 5) is 12.1. The van der Waals surface area contributed by atoms with Crippen molar-refractivity contribution in [1.29, 1.82) is 0 Å². The van der Waals surface area contributed by atoms with Crippen LogP contribution in [0.2, 0.25) is 0 Å². The first-order valence-corrected chi connectivity index (χ1v) is 36.2. The minimum atomic E-state index is 0. The van der Waals surface area contributed by atoms with Gasteiger partial charge in [0.05, 0.1) is 30.9 Å². The van der Waals surface area contributed by atoms with Crippen molar-refractivity contribution >= 4 is 60.3 Å². The monoisotopic (exact) mass is 1370 g/mol. The molecule has 7 aromatic carbocycles. The van der Waals surface area contributed by atoms with E-state index < -0.39 is 0 Å². The Hall–Kier alpha value is -5.34. The lowest BCUT2D eigenvalue weighted by Crippen LogP contribution is -2.45. The standard InChI is InChI=1S/C50H65N5.C25H35N.CH2Br2.3CH5N.CH4/c1-6-8-10-23-35-50(36-24-11-9-7-2)48-32-22-21-31-46(48)47-34-33-45(37-49(47)50)55(44-29-19-14-20-30-44)41-53(5)39-51(3)38-52(4)40-54(42-25-15-12-16-26-42)43-27-17-13-18-28-43;1-3-5-7-11-17-25(18-12-8-6-4-2)23-14-10-9-13-21(23)22-16-15-20(26)19-24(22)25;2-1-3;3*1-2;/h12-22,25-34,37H,6-11,23-24,35-36,38-41H2,1-5H3;9-10,13-16,19H,3-8,11-12,17-18,26H2,1-2H3;1H2;3*2H2,1H3;1H4. The molecule has 0 saturated carbocycles. The van der Waals surface area contributed by atoms with Crippen LogP contribution in [0.5, 0.6) is 0 Å². The van der Waals surface area contributed by atoms with Gasteiger partial charge >= 0.3 is 0 Å². The van der Waals surface area contributed by atoms with Gasteiger partial charge < -0.3 is 32.7 Å². The van der Waals surface area contributed by atoms with E-state index in [1.54, 1.807) is 16.7 Å². The maximum absolute atomic E-state index is 6.24. The molecule has 0 bridgehead atoms. The number of nitrogen functional groups attached to an aromatic ring is 1. The van der Waals surface area contributed by atoms with Gasteiger partial charge in [-0.15, -0.1) is 0 Å². The maximum atomic E-state index is 6.24. The summed E-state index contributed by atoms with van der Waals surface area (Å²) in [7, 11) is 11.2. The number of para-hydroxylation sites is 3. The van der Waals surface area contributed by atoms with Crippen LogP contribution in [0.3, 0.4) is 0 Å². The molecule has 11 heteroatoms. The van der Waals surface area contributed by atoms with Crippen molar-refractivity contribution in [2.45, 2.75) is 174 Å². The van der Waals surface area contributed by atoms with Crippen LogP contribution in [0.25, 0.3) is 22.3 Å². The smallest absolute Gasteiger partial charge is 0.0764 e. The van der Waals surface area contributed by atoms with Crippen molar-refractivity contribution < 1.29 is 0 Å². The van der Waals surface area contributed by atoms with E-state index in [-0.39, 0.29) is 18.3 Å². The number of hydrogen-bond acceptors (Lipinski definition) is 9. The Kier molecular flexibility index (Phi) is 39.6. The summed E-state index contributed by atoms with van der Waals surface area (Å²) < 4.78 is 0.875. The van der Waals surface area contributed by atoms with Gasteiger partial charge in [-0.05, 0) is 173 Å². The average Bonchev–Trinajstić information content (AvgIpc) is 1.59. The van der Waals surface area contributed by atoms with E-state index in [1.807, 2.05) is 0 Å². The van der Waals surface area contributed by atoms with E-state index >= 15 is 0 Å². The van der Waals surface area contributed by atoms with E-state index in [1.165, 1.54) is 200 Å². The molecule has 0 heterocycles. The van der Waals surface area contributed by atoms with E-state index in [2.05, 4.69) is 298 Å². The van der Waals surface area contributed by atoms with Crippen molar-refractivity contribution in [3.63, 3.8) is 0 Å². The topological polar surface area (TPSA) is 120 Å². The molecular weight excluding hydrogens is 1250 g/mol. The van der Waals surface area contributed by atoms with Gasteiger partial charge in [-0.2, -0.15) is 0 Å². The Morgan fingerprint density at radius 1 is 0.319 bits per heavy atom. The van der Waals surface area contributed by atoms with Crippen molar-refractivity contribution in [1.82, 2.24) is 14.7 Å². The second-order valence-electron chi connectivity index (χ2n) is 24.1. The Bertz CT molecular complexity index is 2910. The fourth-order valence-electron chi connectivity index (χ4n) is 13.7. The molecule has 7 aromatic rings. The molecule has 0 radical (unpaired) electrons. The zero-order valence-electron chi connectivity index (χ0n) is 57.2. The van der Waals surface area contributed by atoms with Gasteiger partial charge in [-0.1, -0.05) is 285 Å². The third-order valence-electron chi connectivity index (χ3n) is 17.6. The number of benzene rings is 7. The second kappa shape index (κ2) is 45.1. The molecule has 0 aliphatic heterocycles. The summed E-state index contributed by atoms with van der Waals surface area (Å²) in [6, 6.07) is 64.8. The highest BCUT2D eigenvalue weighted by molar-refractivity contribution is 9.24. The largest absolute Gasteiger partial charge is 0.399 e. The predicted octanol–water partition coefficient (Wildman–Crippen LogP) is 21.1. The Morgan fingerprint density at radius 2 is 0.604 bits per heavy atom. The maximum Gasteiger partial charge on any atom is 0.0764 e. The summed E-state index contributed by atoms with van der Waals surface area (Å²) in [5.74, 6) is 0. The Morgan fingerprint density at radius 3 is 0.956 bits per heavy atom. The summed E-state index contributed by atoms with van der Waals surface area (Å²) >= 11 is 6.12. The minimum Gasteiger partial charge on any atom is -0.399 e. The summed E-state index contributed by atoms with van der Waals surface area (Å²) in [6.07, 6.45) is 25.9. The van der Waals surface area contributed by atoms with Crippen LogP contribution < -0.4 is 32.7 Å². The molecular formula is C80H121Br2N9. The summed E-state index contributed by atoms with van der Waals surface area (Å²) in [6.45, 7) is 12.5. The molecule has 9 rings (SSSR count). The highest BCUT2D eigenvalue weighted by atomic mass is 79.9. The fraction of sp³-hybridized carbons (Fsp3) is 0.475. The first-order chi connectivity index (χ1) is 44.1. The number of alkyl halides is 2. The molecule has 0 aromatic heterocycles. The first kappa shape index (κ1) is 79.9. The molecule has 8 N–H and O–H groups in total. The summed E-state index contributed by atoms with van der Waals surface area (Å²) in [5.41, 5.74) is 37.7. The van der Waals surface area contributed by atoms with Crippen LogP contribution in [-0.2, 0) is 10.8 Å². The van der Waals surface area contributed by atoms with Crippen LogP contribution in [-0.4, -0.2) is 87.9 Å². The molecule has 0 fully saturated rings. The molecule has 0 atom stereocenters. The molecule has 9 nitrogen and oxygen atoms in total. The van der Waals surface area contributed by atoms with Crippen LogP contribution in [0.1, 0.15) is 186 Å². The second-order valence-corrected chi connectivity index (χ2v) is 26.8. The van der Waals surface area contributed by atoms with Crippen molar-refractivity contribution in [2.75, 3.05) is 88.7 Å². The van der Waals surface area contributed by atoms with Gasteiger partial charge in [0.15, 0.2) is 0 Å². The highest BCUT2D eigenvalue weighted by Gasteiger charge is 2.44. The van der Waals surface area contributed by atoms with Crippen LogP contribution in [0.4, 0.5) is 28.4 Å². The molecule has 2 aliphatic carbocycles. The predicted molar refractivity (Wildman–Crippen MR) is 411 cm³/mol. The summed E-state index contributed by atoms with van der Waals surface area (Å²) in [5, 5.41) is 0. The molecule has 500 valence electrons. The lowest BCUT2D eigenvalue weighted by atomic mass is 9.70. The first-order valence-electron chi connectivity index (χ1n) is 33.9. The molecule has 0 spiro atoms. The zero-order chi connectivity index (χ0) is 65.6. The number of rotatable bonds is 32. The quantitative estimate of drug-likeness (QED) is 0.0141. The highest BCUT2D eigenvalue weighted by Crippen LogP contribution is 2.56. The number of nitrogens with zero attached hydrogens (tertiary/aromatic N) is 5. The van der Waals surface area contributed by atoms with Gasteiger partial charge in [-0.3, -0.25) is 14.7 Å². The number of halogens is 2. The van der Waals surface area contributed by atoms with Crippen LogP contribution in [0, 0.1) is 0 Å². The molecule has 2 aliphatic rings. The van der Waals surface area contributed by atoms with Crippen LogP contribution in [0.15, 0.2) is 176 Å². The minimum absolute atomic E-state index is 0. The van der Waals surface area contributed by atoms with Crippen molar-refractivity contribution in [3.05, 3.63) is 198 Å². The number of nitrogens with two attached hydrogens (primary N) is 4. The fourth-order valence-corrected chi connectivity index (χ4v) is 13.7. The van der Waals surface area contributed by atoms with Gasteiger partial charge in [0.25, 0.3) is 0 Å². The average molecular weight is 1370 g/mol. The third kappa shape index (κ3) is 23.0.